The Kier molecular flexibility index (Phi) is 4.07. The highest BCUT2D eigenvalue weighted by atomic mass is 19.1. The molecule has 1 aromatic rings. The molecule has 0 radical (unpaired) electrons. The van der Waals surface area contributed by atoms with Crippen LogP contribution in [-0.4, -0.2) is 29.8 Å². The van der Waals surface area contributed by atoms with E-state index in [0.717, 1.165) is 43.9 Å². The first-order valence-electron chi connectivity index (χ1n) is 7.73. The molecule has 2 heterocycles. The molecule has 2 nitrogen and oxygen atoms in total. The standard InChI is InChI=1S/C17H21F2NO/c1-20-14-3-2-4-15(20)9-12(8-14)17(21)10-11-7-13(18)5-6-16(11)19/h5-7,12,14-15H,2-4,8-10H2,1H3. The Bertz CT molecular complexity index is 532. The van der Waals surface area contributed by atoms with E-state index in [0.29, 0.717) is 12.1 Å². The Balaban J connectivity index is 1.70. The Morgan fingerprint density at radius 3 is 2.57 bits per heavy atom. The monoisotopic (exact) mass is 293 g/mol. The molecule has 3 rings (SSSR count). The normalized spacial score (nSPS) is 29.4. The van der Waals surface area contributed by atoms with Gasteiger partial charge in [-0.3, -0.25) is 4.79 Å². The van der Waals surface area contributed by atoms with E-state index in [9.17, 15) is 13.6 Å². The van der Waals surface area contributed by atoms with Crippen molar-refractivity contribution in [3.63, 3.8) is 0 Å². The molecule has 2 atom stereocenters. The molecule has 0 spiro atoms. The van der Waals surface area contributed by atoms with Crippen LogP contribution < -0.4 is 0 Å². The molecule has 0 saturated carbocycles. The van der Waals surface area contributed by atoms with Crippen LogP contribution in [0.1, 0.15) is 37.7 Å². The number of carbonyl (C=O) groups is 1. The first-order valence-corrected chi connectivity index (χ1v) is 7.73. The summed E-state index contributed by atoms with van der Waals surface area (Å²) in [5.74, 6) is -0.916. The van der Waals surface area contributed by atoms with E-state index in [-0.39, 0.29) is 23.7 Å². The van der Waals surface area contributed by atoms with Gasteiger partial charge in [-0.2, -0.15) is 0 Å². The van der Waals surface area contributed by atoms with Crippen LogP contribution in [0.2, 0.25) is 0 Å². The van der Waals surface area contributed by atoms with Gasteiger partial charge in [0, 0.05) is 24.4 Å². The molecule has 2 fully saturated rings. The van der Waals surface area contributed by atoms with Crippen LogP contribution in [0.25, 0.3) is 0 Å². The van der Waals surface area contributed by atoms with Crippen LogP contribution in [0, 0.1) is 17.6 Å². The van der Waals surface area contributed by atoms with E-state index in [1.54, 1.807) is 0 Å². The molecule has 2 bridgehead atoms. The van der Waals surface area contributed by atoms with Crippen molar-refractivity contribution < 1.29 is 13.6 Å². The fraction of sp³-hybridized carbons (Fsp3) is 0.588. The van der Waals surface area contributed by atoms with Gasteiger partial charge in [-0.25, -0.2) is 8.78 Å². The second-order valence-electron chi connectivity index (χ2n) is 6.45. The number of nitrogens with zero attached hydrogens (tertiary/aromatic N) is 1. The van der Waals surface area contributed by atoms with Gasteiger partial charge in [-0.1, -0.05) is 6.42 Å². The molecule has 2 saturated heterocycles. The largest absolute Gasteiger partial charge is 0.300 e. The van der Waals surface area contributed by atoms with Gasteiger partial charge >= 0.3 is 0 Å². The number of fused-ring (bicyclic) bond motifs is 2. The van der Waals surface area contributed by atoms with E-state index >= 15 is 0 Å². The van der Waals surface area contributed by atoms with E-state index < -0.39 is 11.6 Å². The Morgan fingerprint density at radius 1 is 1.24 bits per heavy atom. The Hall–Kier alpha value is -1.29. The van der Waals surface area contributed by atoms with Crippen LogP contribution in [0.15, 0.2) is 18.2 Å². The maximum Gasteiger partial charge on any atom is 0.140 e. The zero-order valence-electron chi connectivity index (χ0n) is 12.3. The van der Waals surface area contributed by atoms with Crippen molar-refractivity contribution in [2.75, 3.05) is 7.05 Å². The molecule has 0 amide bonds. The maximum atomic E-state index is 13.7. The van der Waals surface area contributed by atoms with Gasteiger partial charge in [0.15, 0.2) is 0 Å². The lowest BCUT2D eigenvalue weighted by molar-refractivity contribution is -0.126. The highest BCUT2D eigenvalue weighted by molar-refractivity contribution is 5.83. The van der Waals surface area contributed by atoms with Gasteiger partial charge in [0.1, 0.15) is 17.4 Å². The van der Waals surface area contributed by atoms with Crippen molar-refractivity contribution in [2.24, 2.45) is 5.92 Å². The lowest BCUT2D eigenvalue weighted by Crippen LogP contribution is -2.51. The van der Waals surface area contributed by atoms with Crippen molar-refractivity contribution in [1.82, 2.24) is 4.90 Å². The predicted octanol–water partition coefficient (Wildman–Crippen LogP) is 3.34. The molecule has 0 N–H and O–H groups in total. The number of hydrogen-bond donors (Lipinski definition) is 0. The lowest BCUT2D eigenvalue weighted by Gasteiger charge is -2.46. The van der Waals surface area contributed by atoms with Gasteiger partial charge in [0.25, 0.3) is 0 Å². The lowest BCUT2D eigenvalue weighted by atomic mass is 9.76. The summed E-state index contributed by atoms with van der Waals surface area (Å²) >= 11 is 0. The molecule has 1 aromatic carbocycles. The fourth-order valence-corrected chi connectivity index (χ4v) is 3.89. The predicted molar refractivity (Wildman–Crippen MR) is 77.0 cm³/mol. The summed E-state index contributed by atoms with van der Waals surface area (Å²) in [5, 5.41) is 0. The van der Waals surface area contributed by atoms with Crippen LogP contribution in [0.4, 0.5) is 8.78 Å². The summed E-state index contributed by atoms with van der Waals surface area (Å²) < 4.78 is 26.9. The van der Waals surface area contributed by atoms with Gasteiger partial charge in [-0.05, 0) is 56.5 Å². The summed E-state index contributed by atoms with van der Waals surface area (Å²) in [7, 11) is 2.14. The molecule has 0 aliphatic carbocycles. The average molecular weight is 293 g/mol. The van der Waals surface area contributed by atoms with Gasteiger partial charge in [0.2, 0.25) is 0 Å². The van der Waals surface area contributed by atoms with Gasteiger partial charge in [0.05, 0.1) is 0 Å². The quantitative estimate of drug-likeness (QED) is 0.852. The maximum absolute atomic E-state index is 13.7. The van der Waals surface area contributed by atoms with E-state index in [1.165, 1.54) is 6.42 Å². The minimum absolute atomic E-state index is 0.000771. The van der Waals surface area contributed by atoms with E-state index in [4.69, 9.17) is 0 Å². The number of rotatable bonds is 3. The highest BCUT2D eigenvalue weighted by Gasteiger charge is 2.38. The molecule has 0 aromatic heterocycles. The molecule has 21 heavy (non-hydrogen) atoms. The second-order valence-corrected chi connectivity index (χ2v) is 6.45. The van der Waals surface area contributed by atoms with Crippen molar-refractivity contribution in [3.05, 3.63) is 35.4 Å². The number of Topliss-reactive ketones (excluding diaryl/α,β-unsaturated/α-hetero) is 1. The summed E-state index contributed by atoms with van der Waals surface area (Å²) in [5.41, 5.74) is 0.184. The van der Waals surface area contributed by atoms with Crippen molar-refractivity contribution in [3.8, 4) is 0 Å². The van der Waals surface area contributed by atoms with Crippen LogP contribution in [0.3, 0.4) is 0 Å². The number of carbonyl (C=O) groups excluding carboxylic acids is 1. The third kappa shape index (κ3) is 3.00. The van der Waals surface area contributed by atoms with Crippen LogP contribution >= 0.6 is 0 Å². The first-order chi connectivity index (χ1) is 10.0. The summed E-state index contributed by atoms with van der Waals surface area (Å²) in [6.45, 7) is 0. The van der Waals surface area contributed by atoms with E-state index in [1.807, 2.05) is 0 Å². The molecule has 2 aliphatic rings. The number of benzene rings is 1. The summed E-state index contributed by atoms with van der Waals surface area (Å²) in [6.07, 6.45) is 5.26. The number of hydrogen-bond acceptors (Lipinski definition) is 2. The van der Waals surface area contributed by atoms with Crippen LogP contribution in [-0.2, 0) is 11.2 Å². The smallest absolute Gasteiger partial charge is 0.140 e. The molecular weight excluding hydrogens is 272 g/mol. The fourth-order valence-electron chi connectivity index (χ4n) is 3.89. The second kappa shape index (κ2) is 5.84. The Labute approximate surface area is 124 Å². The summed E-state index contributed by atoms with van der Waals surface area (Å²) in [4.78, 5) is 14.9. The third-order valence-electron chi connectivity index (χ3n) is 5.17. The van der Waals surface area contributed by atoms with Gasteiger partial charge < -0.3 is 4.90 Å². The topological polar surface area (TPSA) is 20.3 Å². The first kappa shape index (κ1) is 14.6. The molecule has 114 valence electrons. The zero-order valence-corrected chi connectivity index (χ0v) is 12.3. The van der Waals surface area contributed by atoms with Crippen molar-refractivity contribution in [1.29, 1.82) is 0 Å². The molecule has 4 heteroatoms. The van der Waals surface area contributed by atoms with Crippen molar-refractivity contribution in [2.45, 2.75) is 50.6 Å². The minimum Gasteiger partial charge on any atom is -0.300 e. The summed E-state index contributed by atoms with van der Waals surface area (Å²) in [6, 6.07) is 4.28. The Morgan fingerprint density at radius 2 is 1.90 bits per heavy atom. The molecular formula is C17H21F2NO. The SMILES string of the molecule is CN1C2CCCC1CC(C(=O)Cc1cc(F)ccc1F)C2. The third-order valence-corrected chi connectivity index (χ3v) is 5.17. The van der Waals surface area contributed by atoms with E-state index in [2.05, 4.69) is 11.9 Å². The number of ketones is 1. The zero-order chi connectivity index (χ0) is 15.0. The number of piperidine rings is 2. The number of halogens is 2. The van der Waals surface area contributed by atoms with Crippen molar-refractivity contribution >= 4 is 5.78 Å². The van der Waals surface area contributed by atoms with Crippen LogP contribution in [0.5, 0.6) is 0 Å². The minimum atomic E-state index is -0.488. The molecule has 2 unspecified atom stereocenters. The average Bonchev–Trinajstić information content (AvgIpc) is 2.42. The molecule has 2 aliphatic heterocycles. The highest BCUT2D eigenvalue weighted by Crippen LogP contribution is 2.36. The van der Waals surface area contributed by atoms with Gasteiger partial charge in [-0.15, -0.1) is 0 Å².